The van der Waals surface area contributed by atoms with Crippen LogP contribution in [0.15, 0.2) is 0 Å². The molecule has 0 aromatic carbocycles. The molecule has 0 fully saturated rings. The first kappa shape index (κ1) is 18.4. The fourth-order valence-electron chi connectivity index (χ4n) is 2.94. The van der Waals surface area contributed by atoms with Crippen LogP contribution < -0.4 is 5.73 Å². The molecule has 4 heteroatoms. The van der Waals surface area contributed by atoms with Gasteiger partial charge in [0, 0.05) is 0 Å². The highest BCUT2D eigenvalue weighted by Gasteiger charge is 2.41. The molecule has 0 unspecified atom stereocenters. The average Bonchev–Trinajstić information content (AvgIpc) is 2.26. The second kappa shape index (κ2) is 7.23. The van der Waals surface area contributed by atoms with Gasteiger partial charge in [-0.05, 0) is 23.5 Å². The van der Waals surface area contributed by atoms with Crippen molar-refractivity contribution in [2.45, 2.75) is 77.2 Å². The monoisotopic (exact) mass is 283 g/mol. The summed E-state index contributed by atoms with van der Waals surface area (Å²) >= 11 is 0. The number of aliphatic hydroxyl groups excluding tert-OH is 1. The zero-order valence-corrected chi connectivity index (χ0v) is 14.3. The van der Waals surface area contributed by atoms with Gasteiger partial charge in [0.15, 0.2) is 0 Å². The first-order valence-corrected chi connectivity index (χ1v) is 9.27. The van der Waals surface area contributed by atoms with Crippen LogP contribution in [0.1, 0.15) is 48.5 Å². The summed E-state index contributed by atoms with van der Waals surface area (Å²) in [5, 5.41) is 9.90. The Morgan fingerprint density at radius 3 is 1.68 bits per heavy atom. The van der Waals surface area contributed by atoms with E-state index >= 15 is 0 Å². The van der Waals surface area contributed by atoms with E-state index in [1.807, 2.05) is 0 Å². The third kappa shape index (κ3) is 4.17. The molecule has 0 aliphatic carbocycles. The molecule has 0 aliphatic heterocycles. The molecule has 0 rings (SSSR count). The van der Waals surface area contributed by atoms with Gasteiger partial charge in [0.05, 0.1) is 0 Å². The van der Waals surface area contributed by atoms with Gasteiger partial charge in [-0.15, -0.1) is 5.54 Å². The van der Waals surface area contributed by atoms with E-state index in [1.54, 1.807) is 0 Å². The molecule has 0 bridgehead atoms. The summed E-state index contributed by atoms with van der Waals surface area (Å²) in [5.41, 5.74) is 10.5. The lowest BCUT2D eigenvalue weighted by Crippen LogP contribution is -2.44. The van der Waals surface area contributed by atoms with Crippen molar-refractivity contribution in [1.29, 1.82) is 0 Å². The lowest BCUT2D eigenvalue weighted by atomic mass is 10.1. The standard InChI is InChI=1S/C15H29NO2Si/c1-10(2)19(11(3)4,12(5)6)9-8-14(18)15(16)13(7)17/h10-12,14-15,18H,16H2,1-7H3/t14-,15-/m1/s1. The van der Waals surface area contributed by atoms with Crippen LogP contribution in [0, 0.1) is 11.5 Å². The molecule has 0 heterocycles. The van der Waals surface area contributed by atoms with E-state index in [0.717, 1.165) is 0 Å². The third-order valence-electron chi connectivity index (χ3n) is 4.11. The number of nitrogens with two attached hydrogens (primary N) is 1. The maximum Gasteiger partial charge on any atom is 0.150 e. The van der Waals surface area contributed by atoms with Gasteiger partial charge in [-0.1, -0.05) is 47.5 Å². The summed E-state index contributed by atoms with van der Waals surface area (Å²) in [5.74, 6) is 2.64. The number of aliphatic hydroxyl groups is 1. The summed E-state index contributed by atoms with van der Waals surface area (Å²) < 4.78 is 0. The van der Waals surface area contributed by atoms with Gasteiger partial charge in [0.2, 0.25) is 0 Å². The van der Waals surface area contributed by atoms with E-state index in [1.165, 1.54) is 6.92 Å². The van der Waals surface area contributed by atoms with E-state index in [4.69, 9.17) is 5.73 Å². The third-order valence-corrected chi connectivity index (χ3v) is 10.4. The number of carbonyl (C=O) groups excluding carboxylic acids is 1. The van der Waals surface area contributed by atoms with Crippen LogP contribution in [-0.2, 0) is 4.79 Å². The highest BCUT2D eigenvalue weighted by atomic mass is 28.3. The molecule has 0 aromatic heterocycles. The molecular formula is C15H29NO2Si. The quantitative estimate of drug-likeness (QED) is 0.602. The summed E-state index contributed by atoms with van der Waals surface area (Å²) in [4.78, 5) is 11.2. The summed E-state index contributed by atoms with van der Waals surface area (Å²) in [7, 11) is -1.86. The maximum atomic E-state index is 11.2. The van der Waals surface area contributed by atoms with Crippen LogP contribution in [0.2, 0.25) is 16.6 Å². The van der Waals surface area contributed by atoms with Crippen molar-refractivity contribution >= 4 is 13.9 Å². The molecule has 0 aromatic rings. The second-order valence-corrected chi connectivity index (χ2v) is 11.8. The number of hydrogen-bond acceptors (Lipinski definition) is 3. The predicted molar refractivity (Wildman–Crippen MR) is 83.5 cm³/mol. The predicted octanol–water partition coefficient (Wildman–Crippen LogP) is 2.48. The Balaban J connectivity index is 5.42. The van der Waals surface area contributed by atoms with Crippen molar-refractivity contribution in [3.63, 3.8) is 0 Å². The normalized spacial score (nSPS) is 15.4. The molecule has 0 radical (unpaired) electrons. The number of ketones is 1. The van der Waals surface area contributed by atoms with Crippen LogP contribution >= 0.6 is 0 Å². The highest BCUT2D eigenvalue weighted by Crippen LogP contribution is 2.40. The Morgan fingerprint density at radius 1 is 1.05 bits per heavy atom. The first-order chi connectivity index (χ1) is 8.57. The number of hydrogen-bond donors (Lipinski definition) is 2. The Labute approximate surface area is 119 Å². The molecule has 0 amide bonds. The number of rotatable bonds is 5. The van der Waals surface area contributed by atoms with Crippen molar-refractivity contribution < 1.29 is 9.90 Å². The zero-order valence-electron chi connectivity index (χ0n) is 13.3. The minimum atomic E-state index is -1.86. The van der Waals surface area contributed by atoms with Gasteiger partial charge in [-0.2, -0.15) is 0 Å². The molecule has 0 spiro atoms. The zero-order chi connectivity index (χ0) is 15.4. The molecule has 19 heavy (non-hydrogen) atoms. The van der Waals surface area contributed by atoms with Crippen LogP contribution in [0.3, 0.4) is 0 Å². The Kier molecular flexibility index (Phi) is 6.99. The van der Waals surface area contributed by atoms with Crippen molar-refractivity contribution in [2.24, 2.45) is 5.73 Å². The number of Topliss-reactive ketones (excluding diaryl/α,β-unsaturated/α-hetero) is 1. The van der Waals surface area contributed by atoms with Gasteiger partial charge >= 0.3 is 0 Å². The van der Waals surface area contributed by atoms with Gasteiger partial charge in [-0.25, -0.2) is 0 Å². The molecule has 0 saturated carbocycles. The Hall–Kier alpha value is -0.633. The molecule has 0 aliphatic rings. The summed E-state index contributed by atoms with van der Waals surface area (Å²) in [6, 6.07) is -0.898. The number of carbonyl (C=O) groups is 1. The van der Waals surface area contributed by atoms with Crippen LogP contribution in [0.5, 0.6) is 0 Å². The lowest BCUT2D eigenvalue weighted by Gasteiger charge is -2.38. The molecular weight excluding hydrogens is 254 g/mol. The van der Waals surface area contributed by atoms with E-state index in [0.29, 0.717) is 16.6 Å². The fourth-order valence-corrected chi connectivity index (χ4v) is 8.21. The summed E-state index contributed by atoms with van der Waals surface area (Å²) in [6.07, 6.45) is -1.05. The van der Waals surface area contributed by atoms with Gasteiger partial charge in [-0.3, -0.25) is 4.79 Å². The first-order valence-electron chi connectivity index (χ1n) is 7.04. The van der Waals surface area contributed by atoms with Crippen LogP contribution in [-0.4, -0.2) is 31.1 Å². The van der Waals surface area contributed by atoms with E-state index in [9.17, 15) is 9.90 Å². The topological polar surface area (TPSA) is 63.3 Å². The average molecular weight is 283 g/mol. The largest absolute Gasteiger partial charge is 0.378 e. The summed E-state index contributed by atoms with van der Waals surface area (Å²) in [6.45, 7) is 14.6. The molecule has 2 atom stereocenters. The van der Waals surface area contributed by atoms with Crippen molar-refractivity contribution in [2.75, 3.05) is 0 Å². The van der Waals surface area contributed by atoms with Gasteiger partial charge in [0.1, 0.15) is 26.0 Å². The molecule has 3 N–H and O–H groups in total. The molecule has 3 nitrogen and oxygen atoms in total. The van der Waals surface area contributed by atoms with Crippen LogP contribution in [0.4, 0.5) is 0 Å². The van der Waals surface area contributed by atoms with E-state index in [-0.39, 0.29) is 5.78 Å². The van der Waals surface area contributed by atoms with E-state index in [2.05, 4.69) is 53.0 Å². The van der Waals surface area contributed by atoms with Crippen molar-refractivity contribution in [1.82, 2.24) is 0 Å². The highest BCUT2D eigenvalue weighted by molar-refractivity contribution is 6.90. The smallest absolute Gasteiger partial charge is 0.150 e. The fraction of sp³-hybridized carbons (Fsp3) is 0.800. The second-order valence-electron chi connectivity index (χ2n) is 6.25. The van der Waals surface area contributed by atoms with E-state index < -0.39 is 20.2 Å². The van der Waals surface area contributed by atoms with Crippen LogP contribution in [0.25, 0.3) is 0 Å². The van der Waals surface area contributed by atoms with Crippen molar-refractivity contribution in [3.8, 4) is 11.5 Å². The van der Waals surface area contributed by atoms with Crippen molar-refractivity contribution in [3.05, 3.63) is 0 Å². The minimum absolute atomic E-state index is 0.229. The Bertz CT molecular complexity index is 344. The lowest BCUT2D eigenvalue weighted by molar-refractivity contribution is -0.119. The Morgan fingerprint density at radius 2 is 1.42 bits per heavy atom. The minimum Gasteiger partial charge on any atom is -0.378 e. The SMILES string of the molecule is CC(=O)[C@@H](N)[C@H](O)C#C[Si](C(C)C)(C(C)C)C(C)C. The molecule has 0 saturated heterocycles. The van der Waals surface area contributed by atoms with Gasteiger partial charge < -0.3 is 10.8 Å². The maximum absolute atomic E-state index is 11.2. The molecule has 110 valence electrons. The van der Waals surface area contributed by atoms with Gasteiger partial charge in [0.25, 0.3) is 0 Å².